The first-order valence-corrected chi connectivity index (χ1v) is 9.96. The highest BCUT2D eigenvalue weighted by Crippen LogP contribution is 2.25. The van der Waals surface area contributed by atoms with Crippen molar-refractivity contribution in [1.82, 2.24) is 5.43 Å². The Labute approximate surface area is 187 Å². The first kappa shape index (κ1) is 22.6. The van der Waals surface area contributed by atoms with E-state index in [0.29, 0.717) is 34.0 Å². The van der Waals surface area contributed by atoms with Crippen LogP contribution in [0.2, 0.25) is 0 Å². The van der Waals surface area contributed by atoms with Crippen molar-refractivity contribution in [2.75, 3.05) is 19.5 Å². The Morgan fingerprint density at radius 3 is 2.25 bits per heavy atom. The summed E-state index contributed by atoms with van der Waals surface area (Å²) in [5, 5.41) is 7.00. The molecule has 32 heavy (non-hydrogen) atoms. The monoisotopic (exact) mass is 431 g/mol. The number of anilines is 1. The molecule has 7 nitrogen and oxygen atoms in total. The Balaban J connectivity index is 1.65. The SMILES string of the molecule is COc1ccc(/C(C)=N/NC(=O)c2ccc(NC(=O)c3cccc(C)c3)cc2)c(OC)c1. The first-order valence-electron chi connectivity index (χ1n) is 9.96. The highest BCUT2D eigenvalue weighted by Gasteiger charge is 2.11. The van der Waals surface area contributed by atoms with Gasteiger partial charge in [-0.25, -0.2) is 5.43 Å². The summed E-state index contributed by atoms with van der Waals surface area (Å²) in [6, 6.07) is 19.3. The zero-order valence-electron chi connectivity index (χ0n) is 18.4. The quantitative estimate of drug-likeness (QED) is 0.428. The van der Waals surface area contributed by atoms with Crippen molar-refractivity contribution in [3.63, 3.8) is 0 Å². The second-order valence-electron chi connectivity index (χ2n) is 7.11. The van der Waals surface area contributed by atoms with E-state index in [2.05, 4.69) is 15.8 Å². The predicted octanol–water partition coefficient (Wildman–Crippen LogP) is 4.42. The summed E-state index contributed by atoms with van der Waals surface area (Å²) in [6.07, 6.45) is 0. The number of nitrogens with one attached hydrogen (secondary N) is 2. The molecule has 0 bridgehead atoms. The minimum Gasteiger partial charge on any atom is -0.497 e. The highest BCUT2D eigenvalue weighted by molar-refractivity contribution is 6.05. The Morgan fingerprint density at radius 1 is 0.844 bits per heavy atom. The summed E-state index contributed by atoms with van der Waals surface area (Å²) in [5.41, 5.74) is 6.46. The van der Waals surface area contributed by atoms with Crippen molar-refractivity contribution in [1.29, 1.82) is 0 Å². The van der Waals surface area contributed by atoms with Gasteiger partial charge in [-0.2, -0.15) is 5.10 Å². The molecule has 0 aliphatic rings. The van der Waals surface area contributed by atoms with Gasteiger partial charge in [0, 0.05) is 28.4 Å². The Hall–Kier alpha value is -4.13. The van der Waals surface area contributed by atoms with Crippen LogP contribution in [0.25, 0.3) is 0 Å². The van der Waals surface area contributed by atoms with E-state index in [-0.39, 0.29) is 11.8 Å². The van der Waals surface area contributed by atoms with Crippen LogP contribution in [-0.4, -0.2) is 31.7 Å². The average molecular weight is 431 g/mol. The summed E-state index contributed by atoms with van der Waals surface area (Å²) in [7, 11) is 3.14. The van der Waals surface area contributed by atoms with Crippen molar-refractivity contribution >= 4 is 23.2 Å². The van der Waals surface area contributed by atoms with Crippen molar-refractivity contribution in [3.05, 3.63) is 89.0 Å². The van der Waals surface area contributed by atoms with Crippen LogP contribution in [0, 0.1) is 6.92 Å². The van der Waals surface area contributed by atoms with Gasteiger partial charge in [0.15, 0.2) is 0 Å². The van der Waals surface area contributed by atoms with Crippen LogP contribution in [-0.2, 0) is 0 Å². The molecule has 3 rings (SSSR count). The fraction of sp³-hybridized carbons (Fsp3) is 0.160. The summed E-state index contributed by atoms with van der Waals surface area (Å²) < 4.78 is 10.6. The number of hydrogen-bond acceptors (Lipinski definition) is 5. The van der Waals surface area contributed by atoms with E-state index in [9.17, 15) is 9.59 Å². The molecule has 0 spiro atoms. The number of nitrogens with zero attached hydrogens (tertiary/aromatic N) is 1. The van der Waals surface area contributed by atoms with Gasteiger partial charge in [0.1, 0.15) is 11.5 Å². The average Bonchev–Trinajstić information content (AvgIpc) is 2.82. The molecule has 0 radical (unpaired) electrons. The Kier molecular flexibility index (Phi) is 7.23. The molecule has 0 aliphatic heterocycles. The molecule has 164 valence electrons. The van der Waals surface area contributed by atoms with Crippen LogP contribution >= 0.6 is 0 Å². The maximum Gasteiger partial charge on any atom is 0.271 e. The van der Waals surface area contributed by atoms with Crippen LogP contribution in [0.5, 0.6) is 11.5 Å². The number of hydrogen-bond donors (Lipinski definition) is 2. The van der Waals surface area contributed by atoms with E-state index in [1.165, 1.54) is 0 Å². The lowest BCUT2D eigenvalue weighted by atomic mass is 10.1. The molecule has 3 aromatic rings. The maximum absolute atomic E-state index is 12.5. The fourth-order valence-electron chi connectivity index (χ4n) is 3.05. The molecule has 0 heterocycles. The van der Waals surface area contributed by atoms with Crippen LogP contribution in [0.4, 0.5) is 5.69 Å². The third-order valence-corrected chi connectivity index (χ3v) is 4.81. The lowest BCUT2D eigenvalue weighted by Gasteiger charge is -2.10. The molecule has 0 aromatic heterocycles. The highest BCUT2D eigenvalue weighted by atomic mass is 16.5. The number of rotatable bonds is 7. The molecule has 0 unspecified atom stereocenters. The van der Waals surface area contributed by atoms with Gasteiger partial charge in [-0.3, -0.25) is 9.59 Å². The normalized spacial score (nSPS) is 10.9. The largest absolute Gasteiger partial charge is 0.497 e. The number of carbonyl (C=O) groups excluding carboxylic acids is 2. The number of hydrazone groups is 1. The molecule has 0 fully saturated rings. The Morgan fingerprint density at radius 2 is 1.59 bits per heavy atom. The zero-order valence-corrected chi connectivity index (χ0v) is 18.4. The van der Waals surface area contributed by atoms with Crippen molar-refractivity contribution < 1.29 is 19.1 Å². The van der Waals surface area contributed by atoms with Gasteiger partial charge in [-0.1, -0.05) is 17.7 Å². The number of carbonyl (C=O) groups is 2. The van der Waals surface area contributed by atoms with Gasteiger partial charge in [-0.05, 0) is 62.4 Å². The molecule has 2 N–H and O–H groups in total. The van der Waals surface area contributed by atoms with E-state index < -0.39 is 0 Å². The summed E-state index contributed by atoms with van der Waals surface area (Å²) >= 11 is 0. The Bertz CT molecular complexity index is 1150. The number of methoxy groups -OCH3 is 2. The van der Waals surface area contributed by atoms with Crippen LogP contribution < -0.4 is 20.2 Å². The second-order valence-corrected chi connectivity index (χ2v) is 7.11. The molecule has 3 aromatic carbocycles. The third kappa shape index (κ3) is 5.51. The van der Waals surface area contributed by atoms with Crippen molar-refractivity contribution in [3.8, 4) is 11.5 Å². The topological polar surface area (TPSA) is 89.0 Å². The van der Waals surface area contributed by atoms with Gasteiger partial charge in [0.25, 0.3) is 11.8 Å². The smallest absolute Gasteiger partial charge is 0.271 e. The van der Waals surface area contributed by atoms with Gasteiger partial charge in [0.05, 0.1) is 19.9 Å². The fourth-order valence-corrected chi connectivity index (χ4v) is 3.05. The number of ether oxygens (including phenoxy) is 2. The second kappa shape index (κ2) is 10.3. The van der Waals surface area contributed by atoms with E-state index in [1.54, 1.807) is 63.6 Å². The molecule has 2 amide bonds. The van der Waals surface area contributed by atoms with Crippen LogP contribution in [0.3, 0.4) is 0 Å². The summed E-state index contributed by atoms with van der Waals surface area (Å²) in [5.74, 6) is 0.679. The van der Waals surface area contributed by atoms with Crippen LogP contribution in [0.1, 0.15) is 38.8 Å². The van der Waals surface area contributed by atoms with E-state index in [1.807, 2.05) is 31.2 Å². The van der Waals surface area contributed by atoms with Gasteiger partial charge >= 0.3 is 0 Å². The lowest BCUT2D eigenvalue weighted by molar-refractivity contribution is 0.0954. The standard InChI is InChI=1S/C25H25N3O4/c1-16-6-5-7-19(14-16)24(29)26-20-10-8-18(9-11-20)25(30)28-27-17(2)22-13-12-21(31-3)15-23(22)32-4/h5-15H,1-4H3,(H,26,29)(H,28,30)/b27-17+. The molecule has 0 atom stereocenters. The summed E-state index contributed by atoms with van der Waals surface area (Å²) in [6.45, 7) is 3.70. The number of benzene rings is 3. The molecule has 0 aliphatic carbocycles. The minimum atomic E-state index is -0.367. The number of aryl methyl sites for hydroxylation is 1. The van der Waals surface area contributed by atoms with Crippen molar-refractivity contribution in [2.24, 2.45) is 5.10 Å². The van der Waals surface area contributed by atoms with Crippen LogP contribution in [0.15, 0.2) is 71.8 Å². The minimum absolute atomic E-state index is 0.209. The van der Waals surface area contributed by atoms with E-state index >= 15 is 0 Å². The third-order valence-electron chi connectivity index (χ3n) is 4.81. The lowest BCUT2D eigenvalue weighted by Crippen LogP contribution is -2.19. The maximum atomic E-state index is 12.5. The molecular weight excluding hydrogens is 406 g/mol. The van der Waals surface area contributed by atoms with Crippen molar-refractivity contribution in [2.45, 2.75) is 13.8 Å². The molecule has 0 saturated heterocycles. The van der Waals surface area contributed by atoms with E-state index in [0.717, 1.165) is 11.1 Å². The molecule has 0 saturated carbocycles. The van der Waals surface area contributed by atoms with Gasteiger partial charge < -0.3 is 14.8 Å². The number of amides is 2. The molecular formula is C25H25N3O4. The van der Waals surface area contributed by atoms with E-state index in [4.69, 9.17) is 9.47 Å². The predicted molar refractivity (Wildman–Crippen MR) is 125 cm³/mol. The van der Waals surface area contributed by atoms with Gasteiger partial charge in [0.2, 0.25) is 0 Å². The first-order chi connectivity index (χ1) is 15.4. The zero-order chi connectivity index (χ0) is 23.1. The molecule has 7 heteroatoms. The van der Waals surface area contributed by atoms with Gasteiger partial charge in [-0.15, -0.1) is 0 Å². The summed E-state index contributed by atoms with van der Waals surface area (Å²) in [4.78, 5) is 24.8.